The number of para-hydroxylation sites is 2. The minimum atomic E-state index is -0.921. The van der Waals surface area contributed by atoms with E-state index in [0.717, 1.165) is 23.0 Å². The smallest absolute Gasteiger partial charge is 0.329 e. The predicted molar refractivity (Wildman–Crippen MR) is 108 cm³/mol. The molecular weight excluding hydrogens is 387 g/mol. The summed E-state index contributed by atoms with van der Waals surface area (Å²) in [4.78, 5) is 24.6. The lowest BCUT2D eigenvalue weighted by Gasteiger charge is -2.16. The number of hydrogen-bond acceptors (Lipinski definition) is 2. The van der Waals surface area contributed by atoms with Crippen molar-refractivity contribution < 1.29 is 9.90 Å². The van der Waals surface area contributed by atoms with Gasteiger partial charge in [0.25, 0.3) is 0 Å². The Hall–Kier alpha value is -2.24. The van der Waals surface area contributed by atoms with Crippen molar-refractivity contribution in [2.45, 2.75) is 38.8 Å². The standard InChI is InChI=1S/C20H20Cl2N2O3/c1-2-5-15(11-19(25)26)24-18-7-4-3-6-17(18)23(20(24)27)12-13-10-14(21)8-9-16(13)22/h3-4,6-10,15H,2,5,11-12H2,1H3,(H,25,26). The lowest BCUT2D eigenvalue weighted by molar-refractivity contribution is -0.137. The van der Waals surface area contributed by atoms with Crippen molar-refractivity contribution >= 4 is 40.2 Å². The van der Waals surface area contributed by atoms with E-state index in [-0.39, 0.29) is 18.7 Å². The average molecular weight is 407 g/mol. The highest BCUT2D eigenvalue weighted by atomic mass is 35.5. The van der Waals surface area contributed by atoms with Crippen LogP contribution in [0.1, 0.15) is 37.8 Å². The first kappa shape index (κ1) is 19.5. The molecule has 0 bridgehead atoms. The van der Waals surface area contributed by atoms with Gasteiger partial charge in [-0.1, -0.05) is 48.7 Å². The van der Waals surface area contributed by atoms with E-state index in [2.05, 4.69) is 0 Å². The van der Waals surface area contributed by atoms with E-state index in [9.17, 15) is 14.7 Å². The maximum Gasteiger partial charge on any atom is 0.329 e. The van der Waals surface area contributed by atoms with E-state index in [0.29, 0.717) is 16.5 Å². The maximum atomic E-state index is 13.2. The summed E-state index contributed by atoms with van der Waals surface area (Å²) in [6, 6.07) is 12.1. The summed E-state index contributed by atoms with van der Waals surface area (Å²) < 4.78 is 3.22. The molecule has 3 aromatic rings. The van der Waals surface area contributed by atoms with Gasteiger partial charge < -0.3 is 5.11 Å². The Morgan fingerprint density at radius 3 is 2.52 bits per heavy atom. The number of carboxylic acids is 1. The molecule has 27 heavy (non-hydrogen) atoms. The highest BCUT2D eigenvalue weighted by Crippen LogP contribution is 2.26. The molecule has 7 heteroatoms. The molecule has 0 aliphatic carbocycles. The third-order valence-corrected chi connectivity index (χ3v) is 5.21. The van der Waals surface area contributed by atoms with Gasteiger partial charge >= 0.3 is 11.7 Å². The number of hydrogen-bond donors (Lipinski definition) is 1. The average Bonchev–Trinajstić information content (AvgIpc) is 2.89. The van der Waals surface area contributed by atoms with Crippen LogP contribution in [0.5, 0.6) is 0 Å². The number of carbonyl (C=O) groups is 1. The lowest BCUT2D eigenvalue weighted by atomic mass is 10.1. The molecule has 1 atom stereocenters. The van der Waals surface area contributed by atoms with Crippen LogP contribution in [0.4, 0.5) is 0 Å². The van der Waals surface area contributed by atoms with Crippen molar-refractivity contribution in [3.63, 3.8) is 0 Å². The number of fused-ring (bicyclic) bond motifs is 1. The molecule has 1 aromatic heterocycles. The van der Waals surface area contributed by atoms with E-state index in [4.69, 9.17) is 23.2 Å². The van der Waals surface area contributed by atoms with E-state index in [1.165, 1.54) is 0 Å². The molecule has 0 aliphatic rings. The summed E-state index contributed by atoms with van der Waals surface area (Å²) in [5.74, 6) is -0.921. The van der Waals surface area contributed by atoms with Crippen LogP contribution in [0.15, 0.2) is 47.3 Å². The van der Waals surface area contributed by atoms with E-state index in [1.807, 2.05) is 31.2 Å². The van der Waals surface area contributed by atoms with Gasteiger partial charge in [0.05, 0.1) is 24.0 Å². The molecule has 142 valence electrons. The Morgan fingerprint density at radius 1 is 1.15 bits per heavy atom. The Balaban J connectivity index is 2.17. The van der Waals surface area contributed by atoms with Gasteiger partial charge in [0.15, 0.2) is 0 Å². The third-order valence-electron chi connectivity index (χ3n) is 4.60. The van der Waals surface area contributed by atoms with Crippen LogP contribution in [0.2, 0.25) is 10.0 Å². The summed E-state index contributed by atoms with van der Waals surface area (Å²) in [6.07, 6.45) is 1.29. The summed E-state index contributed by atoms with van der Waals surface area (Å²) in [5.41, 5.74) is 1.96. The minimum absolute atomic E-state index is 0.0975. The molecule has 2 aromatic carbocycles. The largest absolute Gasteiger partial charge is 0.481 e. The van der Waals surface area contributed by atoms with Gasteiger partial charge in [0.2, 0.25) is 0 Å². The number of carboxylic acid groups (broad SMARTS) is 1. The van der Waals surface area contributed by atoms with Gasteiger partial charge in [-0.15, -0.1) is 0 Å². The van der Waals surface area contributed by atoms with Crippen LogP contribution in [0, 0.1) is 0 Å². The molecule has 1 unspecified atom stereocenters. The SMILES string of the molecule is CCCC(CC(=O)O)n1c(=O)n(Cc2cc(Cl)ccc2Cl)c2ccccc21. The second-order valence-corrected chi connectivity index (χ2v) is 7.35. The first-order valence-electron chi connectivity index (χ1n) is 8.77. The van der Waals surface area contributed by atoms with Crippen LogP contribution in [-0.2, 0) is 11.3 Å². The quantitative estimate of drug-likeness (QED) is 0.601. The molecule has 1 N–H and O–H groups in total. The topological polar surface area (TPSA) is 64.2 Å². The summed E-state index contributed by atoms with van der Waals surface area (Å²) in [7, 11) is 0. The van der Waals surface area contributed by atoms with Gasteiger partial charge in [-0.2, -0.15) is 0 Å². The zero-order valence-electron chi connectivity index (χ0n) is 14.9. The zero-order chi connectivity index (χ0) is 19.6. The Bertz CT molecular complexity index is 1040. The molecule has 0 aliphatic heterocycles. The van der Waals surface area contributed by atoms with Crippen molar-refractivity contribution in [2.24, 2.45) is 0 Å². The molecule has 0 saturated heterocycles. The van der Waals surface area contributed by atoms with Gasteiger partial charge in [0, 0.05) is 16.1 Å². The lowest BCUT2D eigenvalue weighted by Crippen LogP contribution is -2.29. The fourth-order valence-corrected chi connectivity index (χ4v) is 3.80. The molecule has 0 fully saturated rings. The molecule has 5 nitrogen and oxygen atoms in total. The number of rotatable bonds is 7. The second kappa shape index (κ2) is 8.19. The number of aromatic nitrogens is 2. The van der Waals surface area contributed by atoms with Gasteiger partial charge in [0.1, 0.15) is 0 Å². The van der Waals surface area contributed by atoms with Crippen LogP contribution in [0.25, 0.3) is 11.0 Å². The third kappa shape index (κ3) is 4.04. The second-order valence-electron chi connectivity index (χ2n) is 6.50. The summed E-state index contributed by atoms with van der Waals surface area (Å²) in [6.45, 7) is 2.24. The van der Waals surface area contributed by atoms with Crippen LogP contribution in [-0.4, -0.2) is 20.2 Å². The Labute approximate surface area is 166 Å². The fourth-order valence-electron chi connectivity index (χ4n) is 3.43. The highest BCUT2D eigenvalue weighted by molar-refractivity contribution is 6.33. The van der Waals surface area contributed by atoms with Crippen molar-refractivity contribution in [1.29, 1.82) is 0 Å². The maximum absolute atomic E-state index is 13.2. The first-order chi connectivity index (χ1) is 12.9. The van der Waals surface area contributed by atoms with Crippen LogP contribution in [0.3, 0.4) is 0 Å². The van der Waals surface area contributed by atoms with Crippen molar-refractivity contribution in [3.05, 3.63) is 68.6 Å². The Kier molecular flexibility index (Phi) is 5.92. The van der Waals surface area contributed by atoms with Crippen LogP contribution < -0.4 is 5.69 Å². The fraction of sp³-hybridized carbons (Fsp3) is 0.300. The van der Waals surface area contributed by atoms with Crippen LogP contribution >= 0.6 is 23.2 Å². The number of halogens is 2. The number of nitrogens with zero attached hydrogens (tertiary/aromatic N) is 2. The van der Waals surface area contributed by atoms with Crippen molar-refractivity contribution in [3.8, 4) is 0 Å². The van der Waals surface area contributed by atoms with Gasteiger partial charge in [-0.3, -0.25) is 13.9 Å². The highest BCUT2D eigenvalue weighted by Gasteiger charge is 2.22. The zero-order valence-corrected chi connectivity index (χ0v) is 16.4. The molecule has 3 rings (SSSR count). The van der Waals surface area contributed by atoms with E-state index in [1.54, 1.807) is 27.3 Å². The van der Waals surface area contributed by atoms with E-state index < -0.39 is 12.0 Å². The number of benzene rings is 2. The number of imidazole rings is 1. The molecule has 0 saturated carbocycles. The summed E-state index contributed by atoms with van der Waals surface area (Å²) in [5, 5.41) is 10.4. The van der Waals surface area contributed by atoms with Crippen molar-refractivity contribution in [2.75, 3.05) is 0 Å². The number of aliphatic carboxylic acids is 1. The van der Waals surface area contributed by atoms with Gasteiger partial charge in [-0.25, -0.2) is 4.79 Å². The molecule has 0 radical (unpaired) electrons. The molecule has 0 spiro atoms. The first-order valence-corrected chi connectivity index (χ1v) is 9.53. The molecular formula is C20H20Cl2N2O3. The summed E-state index contributed by atoms with van der Waals surface area (Å²) >= 11 is 12.4. The minimum Gasteiger partial charge on any atom is -0.481 e. The molecule has 1 heterocycles. The van der Waals surface area contributed by atoms with Gasteiger partial charge in [-0.05, 0) is 42.3 Å². The molecule has 0 amide bonds. The monoisotopic (exact) mass is 406 g/mol. The van der Waals surface area contributed by atoms with E-state index >= 15 is 0 Å². The normalized spacial score (nSPS) is 12.4. The predicted octanol–water partition coefficient (Wildman–Crippen LogP) is 4.97. The van der Waals surface area contributed by atoms with Crippen molar-refractivity contribution in [1.82, 2.24) is 9.13 Å². The Morgan fingerprint density at radius 2 is 1.85 bits per heavy atom.